The molecule has 27 heavy (non-hydrogen) atoms. The highest BCUT2D eigenvalue weighted by Gasteiger charge is 2.18. The molecule has 0 aliphatic rings. The molecule has 0 bridgehead atoms. The number of unbranched alkanes of at least 4 members (excludes halogenated alkanes) is 5. The Labute approximate surface area is 161 Å². The van der Waals surface area contributed by atoms with Gasteiger partial charge in [0.25, 0.3) is 0 Å². The highest BCUT2D eigenvalue weighted by atomic mass is 16.5. The molecular weight excluding hydrogens is 340 g/mol. The van der Waals surface area contributed by atoms with Crippen LogP contribution in [0.1, 0.15) is 71.7 Å². The normalized spacial score (nSPS) is 10.4. The molecule has 4 nitrogen and oxygen atoms in total. The first-order valence-electron chi connectivity index (χ1n) is 9.69. The van der Waals surface area contributed by atoms with Crippen molar-refractivity contribution in [2.75, 3.05) is 6.61 Å². The van der Waals surface area contributed by atoms with Crippen LogP contribution in [0, 0.1) is 0 Å². The van der Waals surface area contributed by atoms with Gasteiger partial charge in [-0.2, -0.15) is 0 Å². The summed E-state index contributed by atoms with van der Waals surface area (Å²) in [4.78, 5) is 24.7. The maximum atomic E-state index is 12.4. The molecular formula is C23H28O4. The van der Waals surface area contributed by atoms with Crippen LogP contribution in [0.15, 0.2) is 54.6 Å². The number of rotatable bonds is 11. The Morgan fingerprint density at radius 2 is 1.26 bits per heavy atom. The van der Waals surface area contributed by atoms with E-state index < -0.39 is 11.9 Å². The van der Waals surface area contributed by atoms with Crippen LogP contribution in [0.25, 0.3) is 0 Å². The first-order chi connectivity index (χ1) is 13.2. The van der Waals surface area contributed by atoms with Gasteiger partial charge >= 0.3 is 11.9 Å². The quantitative estimate of drug-likeness (QED) is 0.385. The summed E-state index contributed by atoms with van der Waals surface area (Å²) in [6, 6.07) is 16.1. The topological polar surface area (TPSA) is 52.6 Å². The third-order valence-corrected chi connectivity index (χ3v) is 4.31. The van der Waals surface area contributed by atoms with Crippen molar-refractivity contribution in [3.8, 4) is 0 Å². The van der Waals surface area contributed by atoms with Crippen molar-refractivity contribution >= 4 is 11.9 Å². The molecule has 0 heterocycles. The Hall–Kier alpha value is -2.62. The minimum Gasteiger partial charge on any atom is -0.462 e. The van der Waals surface area contributed by atoms with E-state index in [1.165, 1.54) is 19.3 Å². The molecule has 0 saturated heterocycles. The molecule has 2 aromatic carbocycles. The lowest BCUT2D eigenvalue weighted by Crippen LogP contribution is -2.14. The van der Waals surface area contributed by atoms with Crippen molar-refractivity contribution in [1.82, 2.24) is 0 Å². The summed E-state index contributed by atoms with van der Waals surface area (Å²) >= 11 is 0. The summed E-state index contributed by atoms with van der Waals surface area (Å²) in [5.74, 6) is -0.998. The molecule has 0 amide bonds. The third-order valence-electron chi connectivity index (χ3n) is 4.31. The highest BCUT2D eigenvalue weighted by molar-refractivity contribution is 6.03. The number of hydrogen-bond acceptors (Lipinski definition) is 4. The fourth-order valence-electron chi connectivity index (χ4n) is 2.76. The van der Waals surface area contributed by atoms with E-state index in [0.717, 1.165) is 24.8 Å². The van der Waals surface area contributed by atoms with E-state index in [0.29, 0.717) is 6.61 Å². The Morgan fingerprint density at radius 3 is 1.93 bits per heavy atom. The van der Waals surface area contributed by atoms with Crippen molar-refractivity contribution < 1.29 is 19.1 Å². The van der Waals surface area contributed by atoms with Crippen LogP contribution in [-0.2, 0) is 16.1 Å². The van der Waals surface area contributed by atoms with Gasteiger partial charge in [0.2, 0.25) is 0 Å². The average molecular weight is 368 g/mol. The summed E-state index contributed by atoms with van der Waals surface area (Å²) < 4.78 is 10.7. The Morgan fingerprint density at radius 1 is 0.704 bits per heavy atom. The summed E-state index contributed by atoms with van der Waals surface area (Å²) in [5, 5.41) is 0. The SMILES string of the molecule is CCCCCCCCOC(=O)c1ccccc1C(=O)OCc1ccccc1. The number of esters is 2. The van der Waals surface area contributed by atoms with Crippen molar-refractivity contribution in [3.05, 3.63) is 71.3 Å². The van der Waals surface area contributed by atoms with Crippen LogP contribution < -0.4 is 0 Å². The highest BCUT2D eigenvalue weighted by Crippen LogP contribution is 2.14. The molecule has 2 rings (SSSR count). The summed E-state index contributed by atoms with van der Waals surface area (Å²) in [6.45, 7) is 2.73. The number of carbonyl (C=O) groups is 2. The largest absolute Gasteiger partial charge is 0.462 e. The Kier molecular flexibility index (Phi) is 9.11. The standard InChI is InChI=1S/C23H28O4/c1-2-3-4-5-6-12-17-26-22(24)20-15-10-11-16-21(20)23(25)27-18-19-13-8-7-9-14-19/h7-11,13-16H,2-6,12,17-18H2,1H3. The minimum absolute atomic E-state index is 0.167. The van der Waals surface area contributed by atoms with Crippen LogP contribution in [0.3, 0.4) is 0 Å². The van der Waals surface area contributed by atoms with E-state index in [2.05, 4.69) is 6.92 Å². The van der Waals surface area contributed by atoms with Crippen LogP contribution in [0.5, 0.6) is 0 Å². The van der Waals surface area contributed by atoms with E-state index in [4.69, 9.17) is 9.47 Å². The third kappa shape index (κ3) is 7.26. The zero-order chi connectivity index (χ0) is 19.3. The summed E-state index contributed by atoms with van der Waals surface area (Å²) in [7, 11) is 0. The van der Waals surface area contributed by atoms with E-state index in [-0.39, 0.29) is 17.7 Å². The summed E-state index contributed by atoms with van der Waals surface area (Å²) in [6.07, 6.45) is 6.74. The first-order valence-corrected chi connectivity index (χ1v) is 9.69. The molecule has 0 radical (unpaired) electrons. The smallest absolute Gasteiger partial charge is 0.339 e. The van der Waals surface area contributed by atoms with E-state index in [1.807, 2.05) is 30.3 Å². The van der Waals surface area contributed by atoms with Crippen molar-refractivity contribution in [3.63, 3.8) is 0 Å². The van der Waals surface area contributed by atoms with Gasteiger partial charge in [-0.25, -0.2) is 9.59 Å². The zero-order valence-electron chi connectivity index (χ0n) is 16.0. The fourth-order valence-corrected chi connectivity index (χ4v) is 2.76. The van der Waals surface area contributed by atoms with Crippen LogP contribution in [0.2, 0.25) is 0 Å². The fraction of sp³-hybridized carbons (Fsp3) is 0.391. The zero-order valence-corrected chi connectivity index (χ0v) is 16.0. The lowest BCUT2D eigenvalue weighted by Gasteiger charge is -2.10. The second kappa shape index (κ2) is 11.9. The maximum absolute atomic E-state index is 12.4. The van der Waals surface area contributed by atoms with Gasteiger partial charge in [-0.15, -0.1) is 0 Å². The van der Waals surface area contributed by atoms with E-state index >= 15 is 0 Å². The predicted octanol–water partition coefficient (Wildman–Crippen LogP) is 5.56. The minimum atomic E-state index is -0.522. The van der Waals surface area contributed by atoms with Gasteiger partial charge in [-0.1, -0.05) is 81.5 Å². The molecule has 0 N–H and O–H groups in total. The summed E-state index contributed by atoms with van der Waals surface area (Å²) in [5.41, 5.74) is 1.39. The monoisotopic (exact) mass is 368 g/mol. The molecule has 0 aliphatic carbocycles. The lowest BCUT2D eigenvalue weighted by molar-refractivity contribution is 0.0436. The Balaban J connectivity index is 1.84. The Bertz CT molecular complexity index is 709. The van der Waals surface area contributed by atoms with Crippen LogP contribution in [-0.4, -0.2) is 18.5 Å². The predicted molar refractivity (Wildman–Crippen MR) is 106 cm³/mol. The molecule has 0 unspecified atom stereocenters. The van der Waals surface area contributed by atoms with Gasteiger partial charge in [0, 0.05) is 0 Å². The van der Waals surface area contributed by atoms with Gasteiger partial charge < -0.3 is 9.47 Å². The number of ether oxygens (including phenoxy) is 2. The van der Waals surface area contributed by atoms with Crippen molar-refractivity contribution in [1.29, 1.82) is 0 Å². The first kappa shape index (κ1) is 20.7. The van der Waals surface area contributed by atoms with Crippen LogP contribution >= 0.6 is 0 Å². The van der Waals surface area contributed by atoms with Gasteiger partial charge in [-0.05, 0) is 24.1 Å². The number of benzene rings is 2. The van der Waals surface area contributed by atoms with E-state index in [1.54, 1.807) is 24.3 Å². The van der Waals surface area contributed by atoms with Crippen LogP contribution in [0.4, 0.5) is 0 Å². The number of hydrogen-bond donors (Lipinski definition) is 0. The molecule has 144 valence electrons. The second-order valence-corrected chi connectivity index (χ2v) is 6.51. The van der Waals surface area contributed by atoms with Gasteiger partial charge in [0.15, 0.2) is 0 Å². The molecule has 0 fully saturated rings. The molecule has 2 aromatic rings. The van der Waals surface area contributed by atoms with E-state index in [9.17, 15) is 9.59 Å². The van der Waals surface area contributed by atoms with Gasteiger partial charge in [-0.3, -0.25) is 0 Å². The average Bonchev–Trinajstić information content (AvgIpc) is 2.72. The second-order valence-electron chi connectivity index (χ2n) is 6.51. The molecule has 0 spiro atoms. The molecule has 0 aromatic heterocycles. The molecule has 4 heteroatoms. The molecule has 0 saturated carbocycles. The van der Waals surface area contributed by atoms with Crippen molar-refractivity contribution in [2.24, 2.45) is 0 Å². The lowest BCUT2D eigenvalue weighted by atomic mass is 10.1. The van der Waals surface area contributed by atoms with Gasteiger partial charge in [0.1, 0.15) is 6.61 Å². The maximum Gasteiger partial charge on any atom is 0.339 e. The van der Waals surface area contributed by atoms with Crippen molar-refractivity contribution in [2.45, 2.75) is 52.1 Å². The molecule has 0 aliphatic heterocycles. The molecule has 0 atom stereocenters. The van der Waals surface area contributed by atoms with Gasteiger partial charge in [0.05, 0.1) is 17.7 Å². The number of carbonyl (C=O) groups excluding carboxylic acids is 2.